The number of benzene rings is 2. The van der Waals surface area contributed by atoms with Crippen LogP contribution < -0.4 is 19.0 Å². The SMILES string of the molecule is COc1ccc(OC)c(S(=O)(=O)NN=C(C)c2ccc(NS(C)(=O)=O)cc2)c1. The van der Waals surface area contributed by atoms with Gasteiger partial charge in [-0.15, -0.1) is 0 Å². The minimum atomic E-state index is -4.01. The van der Waals surface area contributed by atoms with Gasteiger partial charge in [0.15, 0.2) is 0 Å². The van der Waals surface area contributed by atoms with Crippen molar-refractivity contribution in [2.45, 2.75) is 11.8 Å². The van der Waals surface area contributed by atoms with Crippen molar-refractivity contribution in [1.82, 2.24) is 4.83 Å². The lowest BCUT2D eigenvalue weighted by Crippen LogP contribution is -2.20. The number of rotatable bonds is 8. The molecular weight excluding hydrogens is 406 g/mol. The lowest BCUT2D eigenvalue weighted by molar-refractivity contribution is 0.392. The maximum Gasteiger partial charge on any atom is 0.280 e. The molecule has 0 unspecified atom stereocenters. The Labute approximate surface area is 164 Å². The Kier molecular flexibility index (Phi) is 6.52. The van der Waals surface area contributed by atoms with Gasteiger partial charge in [-0.05, 0) is 36.8 Å². The smallest absolute Gasteiger partial charge is 0.280 e. The molecule has 0 aliphatic heterocycles. The average molecular weight is 428 g/mol. The minimum absolute atomic E-state index is 0.112. The van der Waals surface area contributed by atoms with Crippen LogP contribution in [0, 0.1) is 0 Å². The molecule has 0 spiro atoms. The van der Waals surface area contributed by atoms with Crippen molar-refractivity contribution >= 4 is 31.4 Å². The van der Waals surface area contributed by atoms with Crippen molar-refractivity contribution in [3.63, 3.8) is 0 Å². The first-order valence-electron chi connectivity index (χ1n) is 7.92. The van der Waals surface area contributed by atoms with Crippen LogP contribution in [0.25, 0.3) is 0 Å². The van der Waals surface area contributed by atoms with Gasteiger partial charge in [0.2, 0.25) is 10.0 Å². The van der Waals surface area contributed by atoms with Crippen LogP contribution in [0.15, 0.2) is 52.5 Å². The topological polar surface area (TPSA) is 123 Å². The summed E-state index contributed by atoms with van der Waals surface area (Å²) in [6, 6.07) is 10.7. The van der Waals surface area contributed by atoms with Crippen molar-refractivity contribution in [1.29, 1.82) is 0 Å². The zero-order chi connectivity index (χ0) is 20.9. The van der Waals surface area contributed by atoms with E-state index >= 15 is 0 Å². The Balaban J connectivity index is 2.24. The third kappa shape index (κ3) is 5.60. The summed E-state index contributed by atoms with van der Waals surface area (Å²) < 4.78 is 60.2. The number of hydrogen-bond donors (Lipinski definition) is 2. The highest BCUT2D eigenvalue weighted by atomic mass is 32.2. The fourth-order valence-corrected chi connectivity index (χ4v) is 3.84. The number of ether oxygens (including phenoxy) is 2. The van der Waals surface area contributed by atoms with Gasteiger partial charge in [0.25, 0.3) is 10.0 Å². The minimum Gasteiger partial charge on any atom is -0.497 e. The van der Waals surface area contributed by atoms with Gasteiger partial charge in [-0.2, -0.15) is 18.4 Å². The van der Waals surface area contributed by atoms with Crippen molar-refractivity contribution in [2.75, 3.05) is 25.2 Å². The predicted octanol–water partition coefficient (Wildman–Crippen LogP) is 1.78. The molecule has 0 radical (unpaired) electrons. The molecule has 9 nitrogen and oxygen atoms in total. The highest BCUT2D eigenvalue weighted by Gasteiger charge is 2.20. The van der Waals surface area contributed by atoms with Crippen LogP contribution >= 0.6 is 0 Å². The van der Waals surface area contributed by atoms with E-state index in [9.17, 15) is 16.8 Å². The first-order chi connectivity index (χ1) is 13.1. The third-order valence-electron chi connectivity index (χ3n) is 3.60. The van der Waals surface area contributed by atoms with E-state index in [0.717, 1.165) is 6.26 Å². The van der Waals surface area contributed by atoms with Gasteiger partial charge >= 0.3 is 0 Å². The molecule has 0 aromatic heterocycles. The molecule has 0 saturated carbocycles. The molecule has 152 valence electrons. The monoisotopic (exact) mass is 427 g/mol. The lowest BCUT2D eigenvalue weighted by atomic mass is 10.1. The lowest BCUT2D eigenvalue weighted by Gasteiger charge is -2.11. The van der Waals surface area contributed by atoms with Gasteiger partial charge in [0.1, 0.15) is 16.4 Å². The molecule has 2 aromatic carbocycles. The summed E-state index contributed by atoms with van der Waals surface area (Å²) in [6.07, 6.45) is 1.05. The van der Waals surface area contributed by atoms with Gasteiger partial charge < -0.3 is 9.47 Å². The fourth-order valence-electron chi connectivity index (χ4n) is 2.23. The Morgan fingerprint density at radius 2 is 1.61 bits per heavy atom. The van der Waals surface area contributed by atoms with Crippen LogP contribution in [0.3, 0.4) is 0 Å². The molecule has 0 amide bonds. The van der Waals surface area contributed by atoms with Crippen LogP contribution in [0.1, 0.15) is 12.5 Å². The first-order valence-corrected chi connectivity index (χ1v) is 11.3. The van der Waals surface area contributed by atoms with E-state index in [4.69, 9.17) is 9.47 Å². The molecule has 0 atom stereocenters. The molecule has 0 heterocycles. The zero-order valence-electron chi connectivity index (χ0n) is 15.8. The van der Waals surface area contributed by atoms with Crippen LogP contribution in [-0.2, 0) is 20.0 Å². The number of hydrazone groups is 1. The normalized spacial score (nSPS) is 12.4. The fraction of sp³-hybridized carbons (Fsp3) is 0.235. The Morgan fingerprint density at radius 3 is 2.14 bits per heavy atom. The highest BCUT2D eigenvalue weighted by molar-refractivity contribution is 7.92. The van der Waals surface area contributed by atoms with E-state index in [2.05, 4.69) is 14.7 Å². The van der Waals surface area contributed by atoms with E-state index < -0.39 is 20.0 Å². The van der Waals surface area contributed by atoms with Gasteiger partial charge in [-0.1, -0.05) is 12.1 Å². The molecule has 11 heteroatoms. The van der Waals surface area contributed by atoms with Crippen LogP contribution in [0.4, 0.5) is 5.69 Å². The standard InChI is InChI=1S/C17H21N3O6S2/c1-12(13-5-7-14(8-6-13)19-27(4,21)22)18-20-28(23,24)17-11-15(25-2)9-10-16(17)26-3/h5-11,19-20H,1-4H3. The summed E-state index contributed by atoms with van der Waals surface area (Å²) in [6.45, 7) is 1.62. The van der Waals surface area contributed by atoms with E-state index in [0.29, 0.717) is 22.7 Å². The van der Waals surface area contributed by atoms with Crippen molar-refractivity contribution in [2.24, 2.45) is 5.10 Å². The molecular formula is C17H21N3O6S2. The zero-order valence-corrected chi connectivity index (χ0v) is 17.4. The third-order valence-corrected chi connectivity index (χ3v) is 5.44. The number of anilines is 1. The second-order valence-corrected chi connectivity index (χ2v) is 9.14. The summed E-state index contributed by atoms with van der Waals surface area (Å²) in [5.41, 5.74) is 1.39. The maximum absolute atomic E-state index is 12.6. The van der Waals surface area contributed by atoms with E-state index in [1.807, 2.05) is 0 Å². The molecule has 2 rings (SSSR count). The average Bonchev–Trinajstić information content (AvgIpc) is 2.65. The molecule has 0 bridgehead atoms. The second-order valence-electron chi connectivity index (χ2n) is 5.76. The van der Waals surface area contributed by atoms with Crippen molar-refractivity contribution in [3.05, 3.63) is 48.0 Å². The first kappa shape index (κ1) is 21.5. The van der Waals surface area contributed by atoms with Gasteiger partial charge in [-0.25, -0.2) is 8.42 Å². The molecule has 2 N–H and O–H groups in total. The summed E-state index contributed by atoms with van der Waals surface area (Å²) in [7, 11) is -4.59. The predicted molar refractivity (Wildman–Crippen MR) is 107 cm³/mol. The number of sulfonamides is 2. The van der Waals surface area contributed by atoms with Gasteiger partial charge in [-0.3, -0.25) is 4.72 Å². The molecule has 0 saturated heterocycles. The van der Waals surface area contributed by atoms with Crippen LogP contribution in [0.5, 0.6) is 11.5 Å². The van der Waals surface area contributed by atoms with Gasteiger partial charge in [0.05, 0.1) is 26.2 Å². The largest absolute Gasteiger partial charge is 0.497 e. The Morgan fingerprint density at radius 1 is 0.964 bits per heavy atom. The number of nitrogens with zero attached hydrogens (tertiary/aromatic N) is 1. The van der Waals surface area contributed by atoms with Gasteiger partial charge in [0, 0.05) is 11.8 Å². The highest BCUT2D eigenvalue weighted by Crippen LogP contribution is 2.28. The van der Waals surface area contributed by atoms with Crippen molar-refractivity contribution in [3.8, 4) is 11.5 Å². The number of methoxy groups -OCH3 is 2. The Bertz CT molecular complexity index is 1080. The molecule has 28 heavy (non-hydrogen) atoms. The number of nitrogens with one attached hydrogen (secondary N) is 2. The van der Waals surface area contributed by atoms with Crippen molar-refractivity contribution < 1.29 is 26.3 Å². The quantitative estimate of drug-likeness (QED) is 0.489. The van der Waals surface area contributed by atoms with Crippen LogP contribution in [-0.4, -0.2) is 43.0 Å². The molecule has 0 fully saturated rings. The van der Waals surface area contributed by atoms with E-state index in [1.165, 1.54) is 26.4 Å². The molecule has 0 aliphatic rings. The molecule has 2 aromatic rings. The van der Waals surface area contributed by atoms with E-state index in [-0.39, 0.29) is 10.6 Å². The molecule has 0 aliphatic carbocycles. The van der Waals surface area contributed by atoms with Crippen LogP contribution in [0.2, 0.25) is 0 Å². The number of hydrogen-bond acceptors (Lipinski definition) is 7. The second kappa shape index (κ2) is 8.48. The maximum atomic E-state index is 12.6. The summed E-state index contributed by atoms with van der Waals surface area (Å²) in [4.78, 5) is 2.05. The summed E-state index contributed by atoms with van der Waals surface area (Å²) >= 11 is 0. The summed E-state index contributed by atoms with van der Waals surface area (Å²) in [5, 5.41) is 3.92. The Hall–Kier alpha value is -2.79. The summed E-state index contributed by atoms with van der Waals surface area (Å²) in [5.74, 6) is 0.508. The van der Waals surface area contributed by atoms with E-state index in [1.54, 1.807) is 37.3 Å².